The van der Waals surface area contributed by atoms with Crippen molar-refractivity contribution < 1.29 is 19.1 Å². The summed E-state index contributed by atoms with van der Waals surface area (Å²) in [6.07, 6.45) is 1.72. The summed E-state index contributed by atoms with van der Waals surface area (Å²) >= 11 is 0. The number of ether oxygens (including phenoxy) is 2. The van der Waals surface area contributed by atoms with E-state index < -0.39 is 6.04 Å². The zero-order chi connectivity index (χ0) is 23.1. The second-order valence-corrected chi connectivity index (χ2v) is 8.48. The van der Waals surface area contributed by atoms with Crippen LogP contribution in [-0.2, 0) is 22.6 Å². The molecule has 0 aliphatic carbocycles. The molecule has 0 spiro atoms. The number of aryl methyl sites for hydroxylation is 2. The van der Waals surface area contributed by atoms with Gasteiger partial charge in [-0.25, -0.2) is 0 Å². The monoisotopic (exact) mass is 438 g/mol. The summed E-state index contributed by atoms with van der Waals surface area (Å²) in [6, 6.07) is 13.4. The lowest BCUT2D eigenvalue weighted by Gasteiger charge is -2.30. The van der Waals surface area contributed by atoms with Gasteiger partial charge in [-0.05, 0) is 56.9 Å². The third kappa shape index (κ3) is 6.25. The van der Waals surface area contributed by atoms with E-state index >= 15 is 0 Å². The minimum Gasteiger partial charge on any atom is -0.486 e. The van der Waals surface area contributed by atoms with Crippen LogP contribution < -0.4 is 14.8 Å². The fraction of sp³-hybridized carbons (Fsp3) is 0.462. The quantitative estimate of drug-likeness (QED) is 0.642. The zero-order valence-corrected chi connectivity index (χ0v) is 19.5. The predicted octanol–water partition coefficient (Wildman–Crippen LogP) is 4.03. The number of rotatable bonds is 9. The summed E-state index contributed by atoms with van der Waals surface area (Å²) in [5, 5.41) is 3.01. The third-order valence-corrected chi connectivity index (χ3v) is 5.84. The lowest BCUT2D eigenvalue weighted by atomic mass is 10.1. The van der Waals surface area contributed by atoms with Crippen molar-refractivity contribution in [1.82, 2.24) is 10.2 Å². The van der Waals surface area contributed by atoms with E-state index in [4.69, 9.17) is 9.47 Å². The Bertz CT molecular complexity index is 943. The molecule has 0 bridgehead atoms. The van der Waals surface area contributed by atoms with Crippen molar-refractivity contribution >= 4 is 11.8 Å². The van der Waals surface area contributed by atoms with Gasteiger partial charge in [0.25, 0.3) is 0 Å². The molecule has 2 aromatic carbocycles. The number of nitrogens with zero attached hydrogens (tertiary/aromatic N) is 1. The molecule has 1 N–H and O–H groups in total. The molecule has 0 saturated carbocycles. The average Bonchev–Trinajstić information content (AvgIpc) is 2.80. The number of carbonyl (C=O) groups excluding carboxylic acids is 2. The molecule has 2 aromatic rings. The molecule has 0 radical (unpaired) electrons. The number of fused-ring (bicyclic) bond motifs is 1. The number of amides is 2. The van der Waals surface area contributed by atoms with Gasteiger partial charge < -0.3 is 19.7 Å². The van der Waals surface area contributed by atoms with Crippen LogP contribution in [0, 0.1) is 6.92 Å². The minimum atomic E-state index is -0.558. The van der Waals surface area contributed by atoms with Crippen molar-refractivity contribution in [3.8, 4) is 11.5 Å². The first-order valence-corrected chi connectivity index (χ1v) is 11.4. The van der Waals surface area contributed by atoms with Crippen LogP contribution in [0.3, 0.4) is 0 Å². The molecule has 2 atom stereocenters. The van der Waals surface area contributed by atoms with Crippen molar-refractivity contribution in [2.75, 3.05) is 13.2 Å². The van der Waals surface area contributed by atoms with Crippen LogP contribution in [-0.4, -0.2) is 42.0 Å². The van der Waals surface area contributed by atoms with E-state index in [0.717, 1.165) is 34.6 Å². The van der Waals surface area contributed by atoms with E-state index in [9.17, 15) is 9.59 Å². The lowest BCUT2D eigenvalue weighted by molar-refractivity contribution is -0.140. The van der Waals surface area contributed by atoms with Crippen LogP contribution in [0.1, 0.15) is 50.3 Å². The largest absolute Gasteiger partial charge is 0.486 e. The maximum absolute atomic E-state index is 13.3. The van der Waals surface area contributed by atoms with Crippen molar-refractivity contribution in [3.63, 3.8) is 0 Å². The van der Waals surface area contributed by atoms with E-state index in [1.165, 1.54) is 0 Å². The molecular weight excluding hydrogens is 404 g/mol. The number of nitrogens with one attached hydrogen (secondary N) is 1. The smallest absolute Gasteiger partial charge is 0.242 e. The molecule has 6 nitrogen and oxygen atoms in total. The number of hydrogen-bond donors (Lipinski definition) is 1. The standard InChI is InChI=1S/C26H34N2O4/c1-5-19(3)27-26(30)20(4)28(17-22-8-6-7-18(2)15-22)25(29)12-10-21-9-11-23-24(16-21)32-14-13-31-23/h6-9,11,15-16,19-20H,5,10,12-14,17H2,1-4H3,(H,27,30). The van der Waals surface area contributed by atoms with E-state index in [0.29, 0.717) is 32.6 Å². The topological polar surface area (TPSA) is 67.9 Å². The maximum atomic E-state index is 13.3. The van der Waals surface area contributed by atoms with Gasteiger partial charge in [0.05, 0.1) is 0 Å². The summed E-state index contributed by atoms with van der Waals surface area (Å²) in [5.74, 6) is 1.29. The lowest BCUT2D eigenvalue weighted by Crippen LogP contribution is -2.49. The summed E-state index contributed by atoms with van der Waals surface area (Å²) in [7, 11) is 0. The van der Waals surface area contributed by atoms with Crippen molar-refractivity contribution in [1.29, 1.82) is 0 Å². The van der Waals surface area contributed by atoms with Crippen LogP contribution in [0.4, 0.5) is 0 Å². The predicted molar refractivity (Wildman–Crippen MR) is 125 cm³/mol. The Balaban J connectivity index is 1.72. The van der Waals surface area contributed by atoms with Crippen LogP contribution in [0.25, 0.3) is 0 Å². The van der Waals surface area contributed by atoms with Gasteiger partial charge in [-0.15, -0.1) is 0 Å². The Morgan fingerprint density at radius 3 is 2.50 bits per heavy atom. The molecule has 32 heavy (non-hydrogen) atoms. The maximum Gasteiger partial charge on any atom is 0.242 e. The Labute approximate surface area is 190 Å². The minimum absolute atomic E-state index is 0.0480. The summed E-state index contributed by atoms with van der Waals surface area (Å²) in [6.45, 7) is 9.30. The molecule has 6 heteroatoms. The van der Waals surface area contributed by atoms with Gasteiger partial charge in [-0.1, -0.05) is 42.8 Å². The normalized spacial score (nSPS) is 14.4. The highest BCUT2D eigenvalue weighted by atomic mass is 16.6. The third-order valence-electron chi connectivity index (χ3n) is 5.84. The number of benzene rings is 2. The second-order valence-electron chi connectivity index (χ2n) is 8.48. The zero-order valence-electron chi connectivity index (χ0n) is 19.5. The van der Waals surface area contributed by atoms with Gasteiger partial charge in [-0.3, -0.25) is 9.59 Å². The molecular formula is C26H34N2O4. The molecule has 1 aliphatic rings. The Morgan fingerprint density at radius 2 is 1.78 bits per heavy atom. The molecule has 0 saturated heterocycles. The van der Waals surface area contributed by atoms with Crippen LogP contribution in [0.2, 0.25) is 0 Å². The highest BCUT2D eigenvalue weighted by Crippen LogP contribution is 2.31. The highest BCUT2D eigenvalue weighted by Gasteiger charge is 2.26. The molecule has 1 heterocycles. The Hall–Kier alpha value is -3.02. The SMILES string of the molecule is CCC(C)NC(=O)C(C)N(Cc1cccc(C)c1)C(=O)CCc1ccc2c(c1)OCCO2. The highest BCUT2D eigenvalue weighted by molar-refractivity contribution is 5.87. The molecule has 2 amide bonds. The van der Waals surface area contributed by atoms with E-state index in [1.54, 1.807) is 11.8 Å². The van der Waals surface area contributed by atoms with Crippen molar-refractivity contribution in [2.24, 2.45) is 0 Å². The van der Waals surface area contributed by atoms with Gasteiger partial charge in [0.1, 0.15) is 19.3 Å². The van der Waals surface area contributed by atoms with Gasteiger partial charge >= 0.3 is 0 Å². The molecule has 0 fully saturated rings. The first-order valence-electron chi connectivity index (χ1n) is 11.4. The first kappa shape index (κ1) is 23.6. The summed E-state index contributed by atoms with van der Waals surface area (Å²) in [5.41, 5.74) is 3.15. The second kappa shape index (κ2) is 11.0. The van der Waals surface area contributed by atoms with E-state index in [-0.39, 0.29) is 17.9 Å². The summed E-state index contributed by atoms with van der Waals surface area (Å²) in [4.78, 5) is 27.8. The first-order chi connectivity index (χ1) is 15.4. The molecule has 2 unspecified atom stereocenters. The Kier molecular flexibility index (Phi) is 8.14. The number of hydrogen-bond acceptors (Lipinski definition) is 4. The van der Waals surface area contributed by atoms with Crippen LogP contribution in [0.15, 0.2) is 42.5 Å². The van der Waals surface area contributed by atoms with Gasteiger partial charge in [0.2, 0.25) is 11.8 Å². The number of carbonyl (C=O) groups is 2. The molecule has 1 aliphatic heterocycles. The van der Waals surface area contributed by atoms with Crippen LogP contribution in [0.5, 0.6) is 11.5 Å². The fourth-order valence-electron chi connectivity index (χ4n) is 3.69. The van der Waals surface area contributed by atoms with Gasteiger partial charge in [0, 0.05) is 19.0 Å². The summed E-state index contributed by atoms with van der Waals surface area (Å²) < 4.78 is 11.2. The molecule has 0 aromatic heterocycles. The average molecular weight is 439 g/mol. The van der Waals surface area contributed by atoms with Crippen molar-refractivity contribution in [2.45, 2.75) is 65.6 Å². The van der Waals surface area contributed by atoms with E-state index in [1.807, 2.05) is 57.2 Å². The fourth-order valence-corrected chi connectivity index (χ4v) is 3.69. The van der Waals surface area contributed by atoms with Gasteiger partial charge in [0.15, 0.2) is 11.5 Å². The van der Waals surface area contributed by atoms with Crippen molar-refractivity contribution in [3.05, 3.63) is 59.2 Å². The van der Waals surface area contributed by atoms with Crippen LogP contribution >= 0.6 is 0 Å². The Morgan fingerprint density at radius 1 is 1.03 bits per heavy atom. The van der Waals surface area contributed by atoms with Gasteiger partial charge in [-0.2, -0.15) is 0 Å². The molecule has 3 rings (SSSR count). The van der Waals surface area contributed by atoms with E-state index in [2.05, 4.69) is 11.4 Å². The molecule has 172 valence electrons.